The Morgan fingerprint density at radius 3 is 2.24 bits per heavy atom. The van der Waals surface area contributed by atoms with Gasteiger partial charge < -0.3 is 0 Å². The molecule has 0 spiro atoms. The van der Waals surface area contributed by atoms with Crippen LogP contribution in [-0.2, 0) is 10.0 Å². The highest BCUT2D eigenvalue weighted by Gasteiger charge is 2.26. The van der Waals surface area contributed by atoms with E-state index in [0.717, 1.165) is 0 Å². The Labute approximate surface area is 131 Å². The van der Waals surface area contributed by atoms with Crippen molar-refractivity contribution in [3.63, 3.8) is 0 Å². The molecular weight excluding hydrogens is 395 g/mol. The second kappa shape index (κ2) is 5.86. The van der Waals surface area contributed by atoms with Crippen LogP contribution < -0.4 is 4.72 Å². The van der Waals surface area contributed by atoms with Crippen LogP contribution in [0, 0.1) is 17.5 Å². The molecule has 0 atom stereocenters. The maximum atomic E-state index is 13.6. The van der Waals surface area contributed by atoms with Crippen LogP contribution in [0.4, 0.5) is 18.9 Å². The number of benzene rings is 2. The van der Waals surface area contributed by atoms with Gasteiger partial charge in [0.25, 0.3) is 10.0 Å². The first-order valence-electron chi connectivity index (χ1n) is 5.34. The molecule has 3 nitrogen and oxygen atoms in total. The fraction of sp³-hybridized carbons (Fsp3) is 0. The molecule has 0 aromatic heterocycles. The molecule has 21 heavy (non-hydrogen) atoms. The number of hydrogen-bond acceptors (Lipinski definition) is 2. The summed E-state index contributed by atoms with van der Waals surface area (Å²) in [6.07, 6.45) is 0. The van der Waals surface area contributed by atoms with Gasteiger partial charge in [-0.15, -0.1) is 0 Å². The molecule has 0 aliphatic carbocycles. The average Bonchev–Trinajstić information content (AvgIpc) is 2.33. The third-order valence-electron chi connectivity index (χ3n) is 2.43. The number of anilines is 1. The van der Waals surface area contributed by atoms with Crippen LogP contribution >= 0.6 is 27.5 Å². The Hall–Kier alpha value is -1.25. The molecule has 0 saturated heterocycles. The summed E-state index contributed by atoms with van der Waals surface area (Å²) >= 11 is 8.84. The standard InChI is InChI=1S/C12H6BrClF3NO2S/c13-11-7(14)2-1-3-10(11)18-21(19,20)12-8(16)4-6(15)5-9(12)17/h1-5,18H. The molecule has 0 heterocycles. The first-order chi connectivity index (χ1) is 9.72. The SMILES string of the molecule is O=S(=O)(Nc1cccc(Cl)c1Br)c1c(F)cc(F)cc1F. The van der Waals surface area contributed by atoms with Gasteiger partial charge in [-0.05, 0) is 28.1 Å². The lowest BCUT2D eigenvalue weighted by Crippen LogP contribution is -2.17. The topological polar surface area (TPSA) is 46.2 Å². The third kappa shape index (κ3) is 3.33. The van der Waals surface area contributed by atoms with Crippen molar-refractivity contribution in [3.8, 4) is 0 Å². The minimum absolute atomic E-state index is 0.00868. The summed E-state index contributed by atoms with van der Waals surface area (Å²) in [5.74, 6) is -4.27. The molecule has 2 aromatic rings. The highest BCUT2D eigenvalue weighted by atomic mass is 79.9. The van der Waals surface area contributed by atoms with E-state index in [-0.39, 0.29) is 27.3 Å². The van der Waals surface area contributed by atoms with Crippen LogP contribution in [0.15, 0.2) is 39.7 Å². The van der Waals surface area contributed by atoms with Crippen LogP contribution in [-0.4, -0.2) is 8.42 Å². The molecule has 0 fully saturated rings. The molecule has 9 heteroatoms. The predicted octanol–water partition coefficient (Wildman–Crippen LogP) is 4.32. The van der Waals surface area contributed by atoms with E-state index in [9.17, 15) is 21.6 Å². The Morgan fingerprint density at radius 1 is 1.10 bits per heavy atom. The van der Waals surface area contributed by atoms with Crippen molar-refractivity contribution in [2.45, 2.75) is 4.90 Å². The lowest BCUT2D eigenvalue weighted by molar-refractivity contribution is 0.498. The molecule has 0 amide bonds. The monoisotopic (exact) mass is 399 g/mol. The number of halogens is 5. The molecule has 0 radical (unpaired) electrons. The summed E-state index contributed by atoms with van der Waals surface area (Å²) in [7, 11) is -4.59. The zero-order valence-electron chi connectivity index (χ0n) is 10.0. The summed E-state index contributed by atoms with van der Waals surface area (Å²) in [5.41, 5.74) is -0.00868. The molecule has 1 N–H and O–H groups in total. The van der Waals surface area contributed by atoms with E-state index in [0.29, 0.717) is 0 Å². The minimum atomic E-state index is -4.59. The summed E-state index contributed by atoms with van der Waals surface area (Å²) in [4.78, 5) is -1.27. The average molecular weight is 401 g/mol. The first kappa shape index (κ1) is 16.1. The zero-order chi connectivity index (χ0) is 15.8. The van der Waals surface area contributed by atoms with Crippen molar-refractivity contribution in [1.29, 1.82) is 0 Å². The van der Waals surface area contributed by atoms with Gasteiger partial charge in [-0.25, -0.2) is 21.6 Å². The van der Waals surface area contributed by atoms with Gasteiger partial charge in [0.15, 0.2) is 4.90 Å². The maximum Gasteiger partial charge on any atom is 0.267 e. The van der Waals surface area contributed by atoms with Crippen molar-refractivity contribution in [2.24, 2.45) is 0 Å². The van der Waals surface area contributed by atoms with Gasteiger partial charge in [-0.1, -0.05) is 17.7 Å². The van der Waals surface area contributed by atoms with E-state index in [2.05, 4.69) is 15.9 Å². The van der Waals surface area contributed by atoms with Gasteiger partial charge in [0.2, 0.25) is 0 Å². The van der Waals surface area contributed by atoms with Gasteiger partial charge in [0.1, 0.15) is 17.5 Å². The van der Waals surface area contributed by atoms with Crippen LogP contribution in [0.25, 0.3) is 0 Å². The van der Waals surface area contributed by atoms with Gasteiger partial charge in [0, 0.05) is 12.1 Å². The zero-order valence-corrected chi connectivity index (χ0v) is 13.2. The predicted molar refractivity (Wildman–Crippen MR) is 76.3 cm³/mol. The molecule has 2 rings (SSSR count). The smallest absolute Gasteiger partial charge is 0.267 e. The first-order valence-corrected chi connectivity index (χ1v) is 7.99. The van der Waals surface area contributed by atoms with Crippen LogP contribution in [0.1, 0.15) is 0 Å². The van der Waals surface area contributed by atoms with Gasteiger partial charge in [-0.2, -0.15) is 0 Å². The molecule has 2 aromatic carbocycles. The normalized spacial score (nSPS) is 11.5. The fourth-order valence-electron chi connectivity index (χ4n) is 1.56. The van der Waals surface area contributed by atoms with Crippen molar-refractivity contribution < 1.29 is 21.6 Å². The molecule has 0 saturated carbocycles. The Bertz CT molecular complexity index is 791. The van der Waals surface area contributed by atoms with Crippen molar-refractivity contribution in [2.75, 3.05) is 4.72 Å². The summed E-state index contributed by atoms with van der Waals surface area (Å²) < 4.78 is 66.2. The van der Waals surface area contributed by atoms with Crippen molar-refractivity contribution in [3.05, 3.63) is 57.3 Å². The van der Waals surface area contributed by atoms with Crippen LogP contribution in [0.3, 0.4) is 0 Å². The Kier molecular flexibility index (Phi) is 4.50. The van der Waals surface area contributed by atoms with E-state index in [4.69, 9.17) is 11.6 Å². The van der Waals surface area contributed by atoms with Gasteiger partial charge in [0.05, 0.1) is 15.2 Å². The largest absolute Gasteiger partial charge is 0.278 e. The number of nitrogens with one attached hydrogen (secondary N) is 1. The molecule has 0 aliphatic heterocycles. The quantitative estimate of drug-likeness (QED) is 0.834. The highest BCUT2D eigenvalue weighted by Crippen LogP contribution is 2.32. The number of sulfonamides is 1. The number of hydrogen-bond donors (Lipinski definition) is 1. The lowest BCUT2D eigenvalue weighted by Gasteiger charge is -2.11. The molecular formula is C12H6BrClF3NO2S. The van der Waals surface area contributed by atoms with Gasteiger partial charge >= 0.3 is 0 Å². The van der Waals surface area contributed by atoms with Crippen molar-refractivity contribution >= 4 is 43.2 Å². The van der Waals surface area contributed by atoms with Crippen LogP contribution in [0.5, 0.6) is 0 Å². The molecule has 112 valence electrons. The van der Waals surface area contributed by atoms with E-state index >= 15 is 0 Å². The Balaban J connectivity index is 2.51. The summed E-state index contributed by atoms with van der Waals surface area (Å²) in [5, 5.41) is 0.204. The van der Waals surface area contributed by atoms with E-state index in [1.54, 1.807) is 0 Å². The summed E-state index contributed by atoms with van der Waals surface area (Å²) in [6, 6.07) is 4.84. The molecule has 0 bridgehead atoms. The minimum Gasteiger partial charge on any atom is -0.278 e. The highest BCUT2D eigenvalue weighted by molar-refractivity contribution is 9.10. The molecule has 0 unspecified atom stereocenters. The second-order valence-electron chi connectivity index (χ2n) is 3.91. The van der Waals surface area contributed by atoms with Gasteiger partial charge in [-0.3, -0.25) is 4.72 Å². The fourth-order valence-corrected chi connectivity index (χ4v) is 3.43. The maximum absolute atomic E-state index is 13.6. The van der Waals surface area contributed by atoms with Crippen molar-refractivity contribution in [1.82, 2.24) is 0 Å². The molecule has 0 aliphatic rings. The van der Waals surface area contributed by atoms with E-state index in [1.807, 2.05) is 4.72 Å². The Morgan fingerprint density at radius 2 is 1.67 bits per heavy atom. The second-order valence-corrected chi connectivity index (χ2v) is 6.72. The van der Waals surface area contributed by atoms with Crippen LogP contribution in [0.2, 0.25) is 5.02 Å². The number of rotatable bonds is 3. The third-order valence-corrected chi connectivity index (χ3v) is 5.24. The van der Waals surface area contributed by atoms with E-state index in [1.165, 1.54) is 18.2 Å². The van der Waals surface area contributed by atoms with E-state index < -0.39 is 32.4 Å². The lowest BCUT2D eigenvalue weighted by atomic mass is 10.3. The summed E-state index contributed by atoms with van der Waals surface area (Å²) in [6.45, 7) is 0.